The Hall–Kier alpha value is -0.540. The van der Waals surface area contributed by atoms with Crippen molar-refractivity contribution in [3.8, 4) is 0 Å². The Labute approximate surface area is 94.5 Å². The molecule has 0 aromatic carbocycles. The fourth-order valence-electron chi connectivity index (χ4n) is 1.57. The molecule has 1 aliphatic heterocycles. The molecule has 1 fully saturated rings. The summed E-state index contributed by atoms with van der Waals surface area (Å²) in [5.41, 5.74) is 2.50. The minimum Gasteiger partial charge on any atom is -0.326 e. The van der Waals surface area contributed by atoms with Gasteiger partial charge in [0.25, 0.3) is 0 Å². The van der Waals surface area contributed by atoms with Gasteiger partial charge in [0, 0.05) is 18.0 Å². The van der Waals surface area contributed by atoms with Crippen LogP contribution < -0.4 is 0 Å². The van der Waals surface area contributed by atoms with Crippen LogP contribution in [0.5, 0.6) is 0 Å². The second kappa shape index (κ2) is 4.32. The Morgan fingerprint density at radius 3 is 2.93 bits per heavy atom. The van der Waals surface area contributed by atoms with Gasteiger partial charge in [0.2, 0.25) is 0 Å². The van der Waals surface area contributed by atoms with Crippen molar-refractivity contribution in [2.45, 2.75) is 12.8 Å². The number of allylic oxidation sites excluding steroid dienone is 2. The molecular weight excluding hydrogens is 210 g/mol. The lowest BCUT2D eigenvalue weighted by Gasteiger charge is -2.19. The standard InChI is InChI=1S/C11H13NS2/c1-9-8-14-11(13)12(9)7-10-5-3-2-4-6-10/h3,5-6H,1-2,4,7-8H2. The molecule has 74 valence electrons. The lowest BCUT2D eigenvalue weighted by atomic mass is 10.1. The predicted molar refractivity (Wildman–Crippen MR) is 67.4 cm³/mol. The van der Waals surface area contributed by atoms with Crippen LogP contribution in [-0.4, -0.2) is 21.5 Å². The highest BCUT2D eigenvalue weighted by Crippen LogP contribution is 2.27. The van der Waals surface area contributed by atoms with Crippen LogP contribution in [0.2, 0.25) is 0 Å². The van der Waals surface area contributed by atoms with Gasteiger partial charge in [-0.3, -0.25) is 0 Å². The van der Waals surface area contributed by atoms with Crippen LogP contribution in [0.1, 0.15) is 12.8 Å². The maximum absolute atomic E-state index is 5.26. The van der Waals surface area contributed by atoms with Crippen molar-refractivity contribution in [1.29, 1.82) is 0 Å². The first-order valence-electron chi connectivity index (χ1n) is 4.75. The van der Waals surface area contributed by atoms with E-state index in [2.05, 4.69) is 29.7 Å². The summed E-state index contributed by atoms with van der Waals surface area (Å²) in [4.78, 5) is 2.14. The molecule has 0 amide bonds. The van der Waals surface area contributed by atoms with Crippen molar-refractivity contribution < 1.29 is 0 Å². The summed E-state index contributed by atoms with van der Waals surface area (Å²) in [6.45, 7) is 4.92. The summed E-state index contributed by atoms with van der Waals surface area (Å²) in [7, 11) is 0. The van der Waals surface area contributed by atoms with Crippen molar-refractivity contribution >= 4 is 28.3 Å². The number of nitrogens with zero attached hydrogens (tertiary/aromatic N) is 1. The highest BCUT2D eigenvalue weighted by molar-refractivity contribution is 8.23. The Bertz CT molecular complexity index is 312. The van der Waals surface area contributed by atoms with E-state index in [1.807, 2.05) is 0 Å². The third kappa shape index (κ3) is 2.10. The molecule has 0 radical (unpaired) electrons. The largest absolute Gasteiger partial charge is 0.326 e. The zero-order chi connectivity index (χ0) is 9.97. The second-order valence-electron chi connectivity index (χ2n) is 3.47. The number of thiocarbonyl (C=S) groups is 1. The van der Waals surface area contributed by atoms with E-state index < -0.39 is 0 Å². The first-order chi connectivity index (χ1) is 6.77. The zero-order valence-corrected chi connectivity index (χ0v) is 9.66. The second-order valence-corrected chi connectivity index (χ2v) is 5.07. The Balaban J connectivity index is 2.03. The average molecular weight is 223 g/mol. The van der Waals surface area contributed by atoms with Crippen LogP contribution >= 0.6 is 24.0 Å². The van der Waals surface area contributed by atoms with Gasteiger partial charge in [-0.05, 0) is 18.4 Å². The third-order valence-electron chi connectivity index (χ3n) is 2.38. The van der Waals surface area contributed by atoms with Gasteiger partial charge in [0.15, 0.2) is 0 Å². The maximum atomic E-state index is 5.26. The van der Waals surface area contributed by atoms with Crippen molar-refractivity contribution in [3.05, 3.63) is 36.1 Å². The van der Waals surface area contributed by atoms with E-state index >= 15 is 0 Å². The van der Waals surface area contributed by atoms with Crippen LogP contribution in [0.25, 0.3) is 0 Å². The molecule has 1 aliphatic carbocycles. The normalized spacial score (nSPS) is 21.7. The topological polar surface area (TPSA) is 3.24 Å². The molecular formula is C11H13NS2. The van der Waals surface area contributed by atoms with Crippen molar-refractivity contribution in [3.63, 3.8) is 0 Å². The van der Waals surface area contributed by atoms with Crippen LogP contribution in [0.4, 0.5) is 0 Å². The van der Waals surface area contributed by atoms with Gasteiger partial charge in [0.1, 0.15) is 4.32 Å². The highest BCUT2D eigenvalue weighted by atomic mass is 32.2. The molecule has 1 saturated heterocycles. The van der Waals surface area contributed by atoms with Crippen LogP contribution in [-0.2, 0) is 0 Å². The van der Waals surface area contributed by atoms with Crippen LogP contribution in [0, 0.1) is 0 Å². The van der Waals surface area contributed by atoms with Gasteiger partial charge in [-0.2, -0.15) is 0 Å². The first-order valence-corrected chi connectivity index (χ1v) is 6.14. The molecule has 14 heavy (non-hydrogen) atoms. The van der Waals surface area contributed by atoms with Crippen molar-refractivity contribution in [2.24, 2.45) is 0 Å². The van der Waals surface area contributed by atoms with Crippen LogP contribution in [0.15, 0.2) is 36.1 Å². The first kappa shape index (κ1) is 9.99. The molecule has 0 saturated carbocycles. The van der Waals surface area contributed by atoms with E-state index in [-0.39, 0.29) is 0 Å². The zero-order valence-electron chi connectivity index (χ0n) is 8.03. The SMILES string of the molecule is C=C1CSC(=S)N1CC1=CCCC=C1. The molecule has 0 unspecified atom stereocenters. The van der Waals surface area contributed by atoms with Gasteiger partial charge >= 0.3 is 0 Å². The molecule has 0 atom stereocenters. The smallest absolute Gasteiger partial charge is 0.141 e. The summed E-state index contributed by atoms with van der Waals surface area (Å²) >= 11 is 6.97. The summed E-state index contributed by atoms with van der Waals surface area (Å²) in [5, 5.41) is 0. The number of rotatable bonds is 2. The number of hydrogen-bond donors (Lipinski definition) is 0. The summed E-state index contributed by atoms with van der Waals surface area (Å²) < 4.78 is 0.967. The van der Waals surface area contributed by atoms with E-state index in [9.17, 15) is 0 Å². The Morgan fingerprint density at radius 1 is 1.50 bits per heavy atom. The molecule has 2 rings (SSSR count). The average Bonchev–Trinajstić information content (AvgIpc) is 2.51. The molecule has 1 heterocycles. The fraction of sp³-hybridized carbons (Fsp3) is 0.364. The van der Waals surface area contributed by atoms with Gasteiger partial charge in [-0.25, -0.2) is 0 Å². The molecule has 0 spiro atoms. The van der Waals surface area contributed by atoms with E-state index in [1.165, 1.54) is 12.0 Å². The van der Waals surface area contributed by atoms with E-state index in [4.69, 9.17) is 12.2 Å². The molecule has 3 heteroatoms. The molecule has 0 aromatic heterocycles. The molecule has 0 aromatic rings. The monoisotopic (exact) mass is 223 g/mol. The summed E-state index contributed by atoms with van der Waals surface area (Å²) in [6, 6.07) is 0. The van der Waals surface area contributed by atoms with Crippen molar-refractivity contribution in [1.82, 2.24) is 4.90 Å². The third-order valence-corrected chi connectivity index (χ3v) is 3.90. The quantitative estimate of drug-likeness (QED) is 0.662. The summed E-state index contributed by atoms with van der Waals surface area (Å²) in [5.74, 6) is 0.954. The van der Waals surface area contributed by atoms with Gasteiger partial charge in [0.05, 0.1) is 0 Å². The number of thioether (sulfide) groups is 1. The minimum atomic E-state index is 0.904. The molecule has 2 aliphatic rings. The minimum absolute atomic E-state index is 0.904. The van der Waals surface area contributed by atoms with Gasteiger partial charge < -0.3 is 4.90 Å². The highest BCUT2D eigenvalue weighted by Gasteiger charge is 2.21. The molecule has 0 N–H and O–H groups in total. The lowest BCUT2D eigenvalue weighted by Crippen LogP contribution is -2.23. The van der Waals surface area contributed by atoms with Gasteiger partial charge in [-0.15, -0.1) is 0 Å². The Morgan fingerprint density at radius 2 is 2.36 bits per heavy atom. The van der Waals surface area contributed by atoms with E-state index in [0.717, 1.165) is 28.7 Å². The predicted octanol–water partition coefficient (Wildman–Crippen LogP) is 3.11. The maximum Gasteiger partial charge on any atom is 0.141 e. The van der Waals surface area contributed by atoms with Crippen LogP contribution in [0.3, 0.4) is 0 Å². The van der Waals surface area contributed by atoms with E-state index in [1.54, 1.807) is 11.8 Å². The van der Waals surface area contributed by atoms with Crippen molar-refractivity contribution in [2.75, 3.05) is 12.3 Å². The lowest BCUT2D eigenvalue weighted by molar-refractivity contribution is 0.592. The van der Waals surface area contributed by atoms with E-state index in [0.29, 0.717) is 0 Å². The number of hydrogen-bond acceptors (Lipinski definition) is 2. The fourth-order valence-corrected chi connectivity index (χ4v) is 2.74. The molecule has 1 nitrogen and oxygen atoms in total. The molecule has 0 bridgehead atoms. The Kier molecular flexibility index (Phi) is 3.08. The van der Waals surface area contributed by atoms with Gasteiger partial charge in [-0.1, -0.05) is 48.8 Å². The summed E-state index contributed by atoms with van der Waals surface area (Å²) in [6.07, 6.45) is 9.04.